The predicted octanol–water partition coefficient (Wildman–Crippen LogP) is 4.29. The summed E-state index contributed by atoms with van der Waals surface area (Å²) in [7, 11) is 0. The molecule has 0 radical (unpaired) electrons. The Morgan fingerprint density at radius 3 is 2.40 bits per heavy atom. The molecule has 1 saturated carbocycles. The van der Waals surface area contributed by atoms with Gasteiger partial charge < -0.3 is 4.74 Å². The Hall–Kier alpha value is -2.23. The summed E-state index contributed by atoms with van der Waals surface area (Å²) in [5.74, 6) is -0.930. The molecule has 134 valence electrons. The van der Waals surface area contributed by atoms with Crippen LogP contribution in [0.4, 0.5) is 0 Å². The highest BCUT2D eigenvalue weighted by molar-refractivity contribution is 6.09. The Morgan fingerprint density at radius 2 is 1.76 bits per heavy atom. The second kappa shape index (κ2) is 7.77. The maximum absolute atomic E-state index is 12.8. The third kappa shape index (κ3) is 4.88. The van der Waals surface area contributed by atoms with Gasteiger partial charge in [0, 0.05) is 12.0 Å². The van der Waals surface area contributed by atoms with Crippen molar-refractivity contribution in [2.45, 2.75) is 58.5 Å². The topological polar surface area (TPSA) is 60.4 Å². The molecule has 4 nitrogen and oxygen atoms in total. The van der Waals surface area contributed by atoms with Crippen molar-refractivity contribution in [1.29, 1.82) is 0 Å². The van der Waals surface area contributed by atoms with Gasteiger partial charge in [0.2, 0.25) is 0 Å². The Balaban J connectivity index is 2.34. The van der Waals surface area contributed by atoms with Crippen molar-refractivity contribution in [2.24, 2.45) is 5.41 Å². The quantitative estimate of drug-likeness (QED) is 0.269. The summed E-state index contributed by atoms with van der Waals surface area (Å²) < 4.78 is 5.52. The molecule has 0 unspecified atom stereocenters. The van der Waals surface area contributed by atoms with Gasteiger partial charge in [0.1, 0.15) is 11.0 Å². The first-order chi connectivity index (χ1) is 11.7. The molecule has 0 saturated heterocycles. The third-order valence-corrected chi connectivity index (χ3v) is 4.31. The lowest BCUT2D eigenvalue weighted by atomic mass is 9.78. The van der Waals surface area contributed by atoms with E-state index in [2.05, 4.69) is 0 Å². The van der Waals surface area contributed by atoms with E-state index in [1.807, 2.05) is 6.07 Å². The highest BCUT2D eigenvalue weighted by atomic mass is 16.6. The number of hydrogen-bond acceptors (Lipinski definition) is 4. The highest BCUT2D eigenvalue weighted by Gasteiger charge is 2.46. The molecule has 2 rings (SSSR count). The lowest BCUT2D eigenvalue weighted by Gasteiger charge is -2.30. The average molecular weight is 342 g/mol. The zero-order chi connectivity index (χ0) is 18.5. The van der Waals surface area contributed by atoms with Crippen molar-refractivity contribution >= 4 is 17.5 Å². The smallest absolute Gasteiger partial charge is 0.324 e. The van der Waals surface area contributed by atoms with Gasteiger partial charge >= 0.3 is 5.97 Å². The third-order valence-electron chi connectivity index (χ3n) is 4.31. The minimum absolute atomic E-state index is 0.156. The number of carbonyl (C=O) groups is 3. The van der Waals surface area contributed by atoms with E-state index >= 15 is 0 Å². The zero-order valence-electron chi connectivity index (χ0n) is 15.2. The summed E-state index contributed by atoms with van der Waals surface area (Å²) in [5.41, 5.74) is -1.51. The van der Waals surface area contributed by atoms with Gasteiger partial charge in [-0.25, -0.2) is 0 Å². The molecule has 1 atom stereocenters. The van der Waals surface area contributed by atoms with Gasteiger partial charge in [0.25, 0.3) is 0 Å². The minimum atomic E-state index is -1.35. The standard InChI is InChI=1S/C21H26O4/c1-20(2,3)25-19(24)21(14-9-5-8-12-18(21)23)15-13-17(22)16-10-6-4-7-11-16/h4,6-7,10-11,13,15H,5,8-9,12,14H2,1-3H3/b15-13-/t21-/m0/s1. The summed E-state index contributed by atoms with van der Waals surface area (Å²) >= 11 is 0. The Kier molecular flexibility index (Phi) is 5.93. The fourth-order valence-electron chi connectivity index (χ4n) is 2.97. The summed E-state index contributed by atoms with van der Waals surface area (Å²) in [4.78, 5) is 38.0. The van der Waals surface area contributed by atoms with Crippen LogP contribution < -0.4 is 0 Å². The Morgan fingerprint density at radius 1 is 1.08 bits per heavy atom. The summed E-state index contributed by atoms with van der Waals surface area (Å²) in [6, 6.07) is 8.81. The molecule has 0 aliphatic heterocycles. The number of hydrogen-bond donors (Lipinski definition) is 0. The van der Waals surface area contributed by atoms with Gasteiger partial charge in [0.15, 0.2) is 11.6 Å². The second-order valence-electron chi connectivity index (χ2n) is 7.52. The molecule has 1 aromatic carbocycles. The van der Waals surface area contributed by atoms with Gasteiger partial charge in [-0.1, -0.05) is 49.2 Å². The van der Waals surface area contributed by atoms with E-state index in [1.54, 1.807) is 45.0 Å². The van der Waals surface area contributed by atoms with Crippen LogP contribution >= 0.6 is 0 Å². The number of esters is 1. The van der Waals surface area contributed by atoms with Gasteiger partial charge in [-0.05, 0) is 39.7 Å². The molecule has 25 heavy (non-hydrogen) atoms. The molecule has 0 aromatic heterocycles. The largest absolute Gasteiger partial charge is 0.459 e. The van der Waals surface area contributed by atoms with E-state index < -0.39 is 17.0 Å². The molecular formula is C21H26O4. The molecule has 1 aromatic rings. The Bertz CT molecular complexity index is 667. The molecule has 1 fully saturated rings. The van der Waals surface area contributed by atoms with Crippen LogP contribution in [0.1, 0.15) is 63.2 Å². The van der Waals surface area contributed by atoms with E-state index in [-0.39, 0.29) is 11.6 Å². The molecule has 0 amide bonds. The maximum Gasteiger partial charge on any atom is 0.324 e. The van der Waals surface area contributed by atoms with E-state index in [0.717, 1.165) is 19.3 Å². The molecule has 1 aliphatic carbocycles. The fourth-order valence-corrected chi connectivity index (χ4v) is 2.97. The van der Waals surface area contributed by atoms with Crippen LogP contribution in [0, 0.1) is 5.41 Å². The van der Waals surface area contributed by atoms with Crippen molar-refractivity contribution < 1.29 is 19.1 Å². The first-order valence-electron chi connectivity index (χ1n) is 8.80. The summed E-state index contributed by atoms with van der Waals surface area (Å²) in [5, 5.41) is 0. The number of Topliss-reactive ketones (excluding diaryl/α,β-unsaturated/α-hetero) is 1. The van der Waals surface area contributed by atoms with Crippen molar-refractivity contribution in [3.05, 3.63) is 48.0 Å². The van der Waals surface area contributed by atoms with Gasteiger partial charge in [-0.2, -0.15) is 0 Å². The lowest BCUT2D eigenvalue weighted by molar-refractivity contribution is -0.167. The van der Waals surface area contributed by atoms with Crippen LogP contribution in [0.15, 0.2) is 42.5 Å². The average Bonchev–Trinajstić information content (AvgIpc) is 2.74. The summed E-state index contributed by atoms with van der Waals surface area (Å²) in [6.45, 7) is 5.33. The normalized spacial score (nSPS) is 21.8. The lowest BCUT2D eigenvalue weighted by Crippen LogP contribution is -2.42. The van der Waals surface area contributed by atoms with E-state index in [9.17, 15) is 14.4 Å². The van der Waals surface area contributed by atoms with Crippen molar-refractivity contribution in [2.75, 3.05) is 0 Å². The number of ether oxygens (including phenoxy) is 1. The number of allylic oxidation sites excluding steroid dienone is 1. The van der Waals surface area contributed by atoms with E-state index in [4.69, 9.17) is 4.74 Å². The van der Waals surface area contributed by atoms with E-state index in [0.29, 0.717) is 18.4 Å². The molecule has 0 spiro atoms. The van der Waals surface area contributed by atoms with Crippen molar-refractivity contribution in [3.8, 4) is 0 Å². The van der Waals surface area contributed by atoms with Crippen LogP contribution in [0.3, 0.4) is 0 Å². The van der Waals surface area contributed by atoms with Crippen molar-refractivity contribution in [1.82, 2.24) is 0 Å². The fraction of sp³-hybridized carbons (Fsp3) is 0.476. The molecule has 1 aliphatic rings. The second-order valence-corrected chi connectivity index (χ2v) is 7.52. The van der Waals surface area contributed by atoms with Gasteiger partial charge in [-0.15, -0.1) is 0 Å². The first-order valence-corrected chi connectivity index (χ1v) is 8.80. The van der Waals surface area contributed by atoms with Gasteiger partial charge in [0.05, 0.1) is 0 Å². The van der Waals surface area contributed by atoms with Crippen LogP contribution in [0.25, 0.3) is 0 Å². The maximum atomic E-state index is 12.8. The van der Waals surface area contributed by atoms with Crippen molar-refractivity contribution in [3.63, 3.8) is 0 Å². The number of carbonyl (C=O) groups excluding carboxylic acids is 3. The number of rotatable bonds is 4. The molecule has 0 heterocycles. The summed E-state index contributed by atoms with van der Waals surface area (Å²) in [6.07, 6.45) is 5.98. The predicted molar refractivity (Wildman–Crippen MR) is 96.3 cm³/mol. The molecular weight excluding hydrogens is 316 g/mol. The van der Waals surface area contributed by atoms with Crippen LogP contribution in [0.5, 0.6) is 0 Å². The van der Waals surface area contributed by atoms with Crippen LogP contribution in [-0.4, -0.2) is 23.1 Å². The molecule has 4 heteroatoms. The number of benzene rings is 1. The van der Waals surface area contributed by atoms with Gasteiger partial charge in [-0.3, -0.25) is 14.4 Å². The first kappa shape index (κ1) is 19.1. The molecule has 0 bridgehead atoms. The highest BCUT2D eigenvalue weighted by Crippen LogP contribution is 2.36. The zero-order valence-corrected chi connectivity index (χ0v) is 15.2. The molecule has 0 N–H and O–H groups in total. The SMILES string of the molecule is CC(C)(C)OC(=O)[C@]1(/C=C\C(=O)c2ccccc2)CCCCCC1=O. The number of ketones is 2. The minimum Gasteiger partial charge on any atom is -0.459 e. The van der Waals surface area contributed by atoms with Crippen LogP contribution in [0.2, 0.25) is 0 Å². The Labute approximate surface area is 149 Å². The van der Waals surface area contributed by atoms with Crippen LogP contribution in [-0.2, 0) is 14.3 Å². The van der Waals surface area contributed by atoms with E-state index in [1.165, 1.54) is 12.2 Å². The monoisotopic (exact) mass is 342 g/mol.